The average Bonchev–Trinajstić information content (AvgIpc) is 2.55. The number of H-pyrrole nitrogens is 1. The van der Waals surface area contributed by atoms with Gasteiger partial charge in [0.05, 0.1) is 6.10 Å². The molecule has 1 fully saturated rings. The number of aromatic nitrogens is 1. The number of fused-ring (bicyclic) bond motifs is 1. The first-order chi connectivity index (χ1) is 11.5. The van der Waals surface area contributed by atoms with E-state index in [0.29, 0.717) is 17.3 Å². The fourth-order valence-electron chi connectivity index (χ4n) is 3.77. The lowest BCUT2D eigenvalue weighted by atomic mass is 9.91. The highest BCUT2D eigenvalue weighted by molar-refractivity contribution is 5.82. The molecular formula is C20H28N2O2. The standard InChI is InChI=1S/C20H28N2O2/c1-14(2)13-22(3)16-4-6-17(7-5-16)24-18-8-9-19-15(12-18)10-11-21-20(19)23/h8-12,14,16-17H,4-7,13H2,1-3H3,(H,21,23)/t16-,17-. The molecule has 1 saturated carbocycles. The van der Waals surface area contributed by atoms with Crippen molar-refractivity contribution in [3.05, 3.63) is 40.8 Å². The fraction of sp³-hybridized carbons (Fsp3) is 0.550. The molecule has 4 nitrogen and oxygen atoms in total. The number of aromatic amines is 1. The maximum absolute atomic E-state index is 11.8. The number of ether oxygens (including phenoxy) is 1. The number of nitrogens with one attached hydrogen (secondary N) is 1. The first-order valence-corrected chi connectivity index (χ1v) is 9.01. The molecule has 1 N–H and O–H groups in total. The van der Waals surface area contributed by atoms with Crippen molar-refractivity contribution in [1.29, 1.82) is 0 Å². The van der Waals surface area contributed by atoms with E-state index in [-0.39, 0.29) is 11.7 Å². The molecule has 0 saturated heterocycles. The molecule has 0 spiro atoms. The van der Waals surface area contributed by atoms with Crippen LogP contribution in [0.15, 0.2) is 35.3 Å². The van der Waals surface area contributed by atoms with E-state index in [9.17, 15) is 4.79 Å². The van der Waals surface area contributed by atoms with Gasteiger partial charge >= 0.3 is 0 Å². The number of rotatable bonds is 5. The Labute approximate surface area is 143 Å². The van der Waals surface area contributed by atoms with Crippen LogP contribution in [0.5, 0.6) is 5.75 Å². The summed E-state index contributed by atoms with van der Waals surface area (Å²) < 4.78 is 6.18. The van der Waals surface area contributed by atoms with Crippen molar-refractivity contribution in [2.45, 2.75) is 51.7 Å². The highest BCUT2D eigenvalue weighted by atomic mass is 16.5. The van der Waals surface area contributed by atoms with E-state index in [1.165, 1.54) is 12.8 Å². The Bertz CT molecular complexity index is 730. The summed E-state index contributed by atoms with van der Waals surface area (Å²) in [4.78, 5) is 17.0. The monoisotopic (exact) mass is 328 g/mol. The van der Waals surface area contributed by atoms with Gasteiger partial charge in [0.25, 0.3) is 5.56 Å². The summed E-state index contributed by atoms with van der Waals surface area (Å²) in [5.41, 5.74) is -0.0484. The Kier molecular flexibility index (Phi) is 5.24. The highest BCUT2D eigenvalue weighted by Gasteiger charge is 2.25. The van der Waals surface area contributed by atoms with Crippen LogP contribution in [0.2, 0.25) is 0 Å². The predicted octanol–water partition coefficient (Wildman–Crippen LogP) is 3.81. The van der Waals surface area contributed by atoms with Crippen molar-refractivity contribution >= 4 is 10.8 Å². The molecule has 1 aromatic heterocycles. The van der Waals surface area contributed by atoms with E-state index in [1.54, 1.807) is 6.20 Å². The van der Waals surface area contributed by atoms with Crippen LogP contribution in [0.1, 0.15) is 39.5 Å². The van der Waals surface area contributed by atoms with Crippen LogP contribution >= 0.6 is 0 Å². The quantitative estimate of drug-likeness (QED) is 0.908. The van der Waals surface area contributed by atoms with Gasteiger partial charge in [0.2, 0.25) is 0 Å². The van der Waals surface area contributed by atoms with Crippen molar-refractivity contribution in [1.82, 2.24) is 9.88 Å². The topological polar surface area (TPSA) is 45.3 Å². The van der Waals surface area contributed by atoms with E-state index in [0.717, 1.165) is 30.5 Å². The van der Waals surface area contributed by atoms with E-state index in [2.05, 4.69) is 30.8 Å². The zero-order chi connectivity index (χ0) is 17.1. The zero-order valence-corrected chi connectivity index (χ0v) is 14.9. The van der Waals surface area contributed by atoms with E-state index in [4.69, 9.17) is 4.74 Å². The van der Waals surface area contributed by atoms with Gasteiger partial charge in [-0.3, -0.25) is 4.79 Å². The first-order valence-electron chi connectivity index (χ1n) is 9.01. The lowest BCUT2D eigenvalue weighted by Crippen LogP contribution is -2.39. The van der Waals surface area contributed by atoms with Gasteiger partial charge in [-0.15, -0.1) is 0 Å². The lowest BCUT2D eigenvalue weighted by Gasteiger charge is -2.35. The van der Waals surface area contributed by atoms with E-state index >= 15 is 0 Å². The molecule has 4 heteroatoms. The van der Waals surface area contributed by atoms with Crippen LogP contribution in [0, 0.1) is 5.92 Å². The van der Waals surface area contributed by atoms with Crippen LogP contribution in [0.4, 0.5) is 0 Å². The van der Waals surface area contributed by atoms with Gasteiger partial charge in [-0.05, 0) is 68.3 Å². The Hall–Kier alpha value is -1.81. The second kappa shape index (κ2) is 7.39. The summed E-state index contributed by atoms with van der Waals surface area (Å²) in [7, 11) is 2.24. The minimum absolute atomic E-state index is 0.0484. The van der Waals surface area contributed by atoms with E-state index < -0.39 is 0 Å². The molecule has 1 aliphatic rings. The molecular weight excluding hydrogens is 300 g/mol. The van der Waals surface area contributed by atoms with Gasteiger partial charge < -0.3 is 14.6 Å². The van der Waals surface area contributed by atoms with Crippen molar-refractivity contribution in [2.24, 2.45) is 5.92 Å². The molecule has 1 aromatic carbocycles. The number of nitrogens with zero attached hydrogens (tertiary/aromatic N) is 1. The van der Waals surface area contributed by atoms with E-state index in [1.807, 2.05) is 24.3 Å². The maximum Gasteiger partial charge on any atom is 0.255 e. The second-order valence-electron chi connectivity index (χ2n) is 7.44. The SMILES string of the molecule is CC(C)CN(C)[C@H]1CC[C@H](Oc2ccc3c(=O)[nH]ccc3c2)CC1. The van der Waals surface area contributed by atoms with Gasteiger partial charge in [-0.25, -0.2) is 0 Å². The Morgan fingerprint density at radius 1 is 1.21 bits per heavy atom. The maximum atomic E-state index is 11.8. The Morgan fingerprint density at radius 3 is 2.67 bits per heavy atom. The molecule has 1 heterocycles. The number of hydrogen-bond donors (Lipinski definition) is 1. The summed E-state index contributed by atoms with van der Waals surface area (Å²) in [5.74, 6) is 1.58. The first kappa shape index (κ1) is 17.0. The summed E-state index contributed by atoms with van der Waals surface area (Å²) in [6.07, 6.45) is 6.56. The van der Waals surface area contributed by atoms with Gasteiger partial charge in [0, 0.05) is 24.2 Å². The third-order valence-corrected chi connectivity index (χ3v) is 4.97. The average molecular weight is 328 g/mol. The lowest BCUT2D eigenvalue weighted by molar-refractivity contribution is 0.0957. The molecule has 3 rings (SSSR count). The number of benzene rings is 1. The summed E-state index contributed by atoms with van der Waals surface area (Å²) in [6, 6.07) is 8.34. The molecule has 1 aliphatic carbocycles. The van der Waals surface area contributed by atoms with Crippen LogP contribution in [0.25, 0.3) is 10.8 Å². The minimum Gasteiger partial charge on any atom is -0.490 e. The van der Waals surface area contributed by atoms with Gasteiger partial charge in [-0.2, -0.15) is 0 Å². The Morgan fingerprint density at radius 2 is 1.96 bits per heavy atom. The van der Waals surface area contributed by atoms with Crippen LogP contribution < -0.4 is 10.3 Å². The minimum atomic E-state index is -0.0484. The molecule has 24 heavy (non-hydrogen) atoms. The number of hydrogen-bond acceptors (Lipinski definition) is 3. The van der Waals surface area contributed by atoms with Gasteiger partial charge in [0.1, 0.15) is 5.75 Å². The van der Waals surface area contributed by atoms with Crippen molar-refractivity contribution in [3.63, 3.8) is 0 Å². The molecule has 0 radical (unpaired) electrons. The summed E-state index contributed by atoms with van der Waals surface area (Å²) in [5, 5.41) is 1.64. The molecule has 0 aliphatic heterocycles. The van der Waals surface area contributed by atoms with Gasteiger partial charge in [-0.1, -0.05) is 13.8 Å². The third-order valence-electron chi connectivity index (χ3n) is 4.97. The van der Waals surface area contributed by atoms with Crippen LogP contribution in [-0.4, -0.2) is 35.6 Å². The van der Waals surface area contributed by atoms with Gasteiger partial charge in [0.15, 0.2) is 0 Å². The molecule has 2 aromatic rings. The smallest absolute Gasteiger partial charge is 0.255 e. The third kappa shape index (κ3) is 3.99. The fourth-order valence-corrected chi connectivity index (χ4v) is 3.77. The molecule has 0 atom stereocenters. The molecule has 0 amide bonds. The number of pyridine rings is 1. The molecule has 0 unspecified atom stereocenters. The van der Waals surface area contributed by atoms with Crippen LogP contribution in [-0.2, 0) is 0 Å². The van der Waals surface area contributed by atoms with Crippen molar-refractivity contribution in [2.75, 3.05) is 13.6 Å². The zero-order valence-electron chi connectivity index (χ0n) is 14.9. The van der Waals surface area contributed by atoms with Crippen molar-refractivity contribution in [3.8, 4) is 5.75 Å². The molecule has 130 valence electrons. The van der Waals surface area contributed by atoms with Crippen molar-refractivity contribution < 1.29 is 4.74 Å². The summed E-state index contributed by atoms with van der Waals surface area (Å²) in [6.45, 7) is 5.71. The molecule has 0 bridgehead atoms. The normalized spacial score (nSPS) is 21.5. The Balaban J connectivity index is 1.59. The predicted molar refractivity (Wildman–Crippen MR) is 98.7 cm³/mol. The highest BCUT2D eigenvalue weighted by Crippen LogP contribution is 2.27. The van der Waals surface area contributed by atoms with Crippen LogP contribution in [0.3, 0.4) is 0 Å². The second-order valence-corrected chi connectivity index (χ2v) is 7.44. The summed E-state index contributed by atoms with van der Waals surface area (Å²) >= 11 is 0. The largest absolute Gasteiger partial charge is 0.490 e.